The van der Waals surface area contributed by atoms with Gasteiger partial charge in [-0.05, 0) is 24.3 Å². The van der Waals surface area contributed by atoms with Crippen molar-refractivity contribution in [3.8, 4) is 0 Å². The first-order valence-corrected chi connectivity index (χ1v) is 8.33. The van der Waals surface area contributed by atoms with Crippen molar-refractivity contribution in [3.63, 3.8) is 0 Å². The van der Waals surface area contributed by atoms with Crippen LogP contribution in [0.1, 0.15) is 5.56 Å². The average molecular weight is 361 g/mol. The van der Waals surface area contributed by atoms with E-state index in [1.807, 2.05) is 0 Å². The second kappa shape index (κ2) is 6.19. The van der Waals surface area contributed by atoms with Gasteiger partial charge in [-0.25, -0.2) is 8.42 Å². The zero-order chi connectivity index (χ0) is 15.6. The molecule has 0 spiro atoms. The third-order valence-corrected chi connectivity index (χ3v) is 5.05. The topological polar surface area (TPSA) is 72.2 Å². The van der Waals surface area contributed by atoms with Crippen LogP contribution in [0.4, 0.5) is 5.69 Å². The second-order valence-electron chi connectivity index (χ2n) is 4.09. The van der Waals surface area contributed by atoms with Gasteiger partial charge in [0.15, 0.2) is 0 Å². The molecule has 0 aromatic heterocycles. The highest BCUT2D eigenvalue weighted by atomic mass is 35.5. The van der Waals surface area contributed by atoms with Gasteiger partial charge in [-0.3, -0.25) is 4.72 Å². The molecule has 0 bridgehead atoms. The van der Waals surface area contributed by atoms with E-state index in [0.29, 0.717) is 5.56 Å². The summed E-state index contributed by atoms with van der Waals surface area (Å²) in [7, 11) is -3.86. The zero-order valence-electron chi connectivity index (χ0n) is 10.5. The highest BCUT2D eigenvalue weighted by Crippen LogP contribution is 2.28. The Hall–Kier alpha value is -1.34. The first kappa shape index (κ1) is 16.0. The molecule has 0 amide bonds. The summed E-state index contributed by atoms with van der Waals surface area (Å²) in [6.07, 6.45) is 0. The Labute approximate surface area is 137 Å². The molecule has 2 aromatic carbocycles. The zero-order valence-corrected chi connectivity index (χ0v) is 13.7. The van der Waals surface area contributed by atoms with Crippen LogP contribution in [0.25, 0.3) is 0 Å². The highest BCUT2D eigenvalue weighted by Gasteiger charge is 2.19. The number of nitrogens with two attached hydrogens (primary N) is 1. The van der Waals surface area contributed by atoms with Crippen molar-refractivity contribution in [2.45, 2.75) is 4.90 Å². The Morgan fingerprint density at radius 1 is 1.10 bits per heavy atom. The Balaban J connectivity index is 2.44. The average Bonchev–Trinajstić information content (AvgIpc) is 2.41. The van der Waals surface area contributed by atoms with Gasteiger partial charge in [-0.15, -0.1) is 0 Å². The molecular formula is C13H10Cl2N2O2S2. The molecule has 0 fully saturated rings. The van der Waals surface area contributed by atoms with E-state index in [9.17, 15) is 8.42 Å². The Kier molecular flexibility index (Phi) is 4.73. The standard InChI is InChI=1S/C13H10Cl2N2O2S2/c14-9-6-5-8(13(16)20)7-11(9)17-21(18,19)12-4-2-1-3-10(12)15/h1-7,17H,(H2,16,20). The van der Waals surface area contributed by atoms with Crippen molar-refractivity contribution in [1.82, 2.24) is 0 Å². The maximum atomic E-state index is 12.3. The van der Waals surface area contributed by atoms with Crippen molar-refractivity contribution in [2.24, 2.45) is 5.73 Å². The minimum atomic E-state index is -3.86. The fourth-order valence-electron chi connectivity index (χ4n) is 1.62. The van der Waals surface area contributed by atoms with E-state index in [0.717, 1.165) is 0 Å². The van der Waals surface area contributed by atoms with E-state index in [1.54, 1.807) is 18.2 Å². The molecule has 0 aliphatic rings. The largest absolute Gasteiger partial charge is 0.389 e. The SMILES string of the molecule is NC(=S)c1ccc(Cl)c(NS(=O)(=O)c2ccccc2Cl)c1. The number of sulfonamides is 1. The van der Waals surface area contributed by atoms with Crippen LogP contribution in [0.2, 0.25) is 10.0 Å². The summed E-state index contributed by atoms with van der Waals surface area (Å²) in [5.74, 6) is 0. The van der Waals surface area contributed by atoms with Crippen LogP contribution < -0.4 is 10.5 Å². The van der Waals surface area contributed by atoms with Gasteiger partial charge in [-0.2, -0.15) is 0 Å². The van der Waals surface area contributed by atoms with Crippen LogP contribution >= 0.6 is 35.4 Å². The van der Waals surface area contributed by atoms with Crippen LogP contribution in [0.5, 0.6) is 0 Å². The molecule has 8 heteroatoms. The summed E-state index contributed by atoms with van der Waals surface area (Å²) < 4.78 is 27.1. The summed E-state index contributed by atoms with van der Waals surface area (Å²) in [4.78, 5) is 0.105. The van der Waals surface area contributed by atoms with Crippen molar-refractivity contribution in [3.05, 3.63) is 58.1 Å². The molecule has 0 heterocycles. The number of thiocarbonyl (C=S) groups is 1. The minimum Gasteiger partial charge on any atom is -0.389 e. The molecule has 2 aromatic rings. The van der Waals surface area contributed by atoms with E-state index in [2.05, 4.69) is 4.72 Å². The number of halogens is 2. The van der Waals surface area contributed by atoms with E-state index in [-0.39, 0.29) is 25.6 Å². The fraction of sp³-hybridized carbons (Fsp3) is 0. The van der Waals surface area contributed by atoms with E-state index in [1.165, 1.54) is 24.3 Å². The van der Waals surface area contributed by atoms with Gasteiger partial charge < -0.3 is 5.73 Å². The maximum Gasteiger partial charge on any atom is 0.263 e. The number of rotatable bonds is 4. The molecule has 110 valence electrons. The number of nitrogens with one attached hydrogen (secondary N) is 1. The van der Waals surface area contributed by atoms with Crippen LogP contribution in [-0.4, -0.2) is 13.4 Å². The summed E-state index contributed by atoms with van der Waals surface area (Å²) in [6.45, 7) is 0. The maximum absolute atomic E-state index is 12.3. The molecule has 0 aliphatic heterocycles. The number of hydrogen-bond acceptors (Lipinski definition) is 3. The van der Waals surface area contributed by atoms with Crippen LogP contribution in [-0.2, 0) is 10.0 Å². The molecule has 0 radical (unpaired) electrons. The van der Waals surface area contributed by atoms with Gasteiger partial charge in [0.1, 0.15) is 9.88 Å². The molecule has 0 saturated heterocycles. The van der Waals surface area contributed by atoms with Gasteiger partial charge >= 0.3 is 0 Å². The van der Waals surface area contributed by atoms with Gasteiger partial charge in [0.25, 0.3) is 10.0 Å². The Morgan fingerprint density at radius 2 is 1.76 bits per heavy atom. The van der Waals surface area contributed by atoms with E-state index < -0.39 is 10.0 Å². The quantitative estimate of drug-likeness (QED) is 0.819. The van der Waals surface area contributed by atoms with Gasteiger partial charge in [0.2, 0.25) is 0 Å². The van der Waals surface area contributed by atoms with Crippen LogP contribution in [0.3, 0.4) is 0 Å². The predicted molar refractivity (Wildman–Crippen MR) is 89.6 cm³/mol. The molecule has 0 saturated carbocycles. The molecule has 0 atom stereocenters. The summed E-state index contributed by atoms with van der Waals surface area (Å²) in [5.41, 5.74) is 6.21. The Morgan fingerprint density at radius 3 is 2.38 bits per heavy atom. The smallest absolute Gasteiger partial charge is 0.263 e. The lowest BCUT2D eigenvalue weighted by atomic mass is 10.2. The summed E-state index contributed by atoms with van der Waals surface area (Å²) in [6, 6.07) is 10.7. The summed E-state index contributed by atoms with van der Waals surface area (Å²) >= 11 is 16.8. The number of hydrogen-bond donors (Lipinski definition) is 2. The fourth-order valence-corrected chi connectivity index (χ4v) is 3.56. The normalized spacial score (nSPS) is 11.1. The minimum absolute atomic E-state index is 0.0385. The molecule has 4 nitrogen and oxygen atoms in total. The third-order valence-electron chi connectivity index (χ3n) is 2.62. The highest BCUT2D eigenvalue weighted by molar-refractivity contribution is 7.92. The molecule has 0 aliphatic carbocycles. The molecule has 0 unspecified atom stereocenters. The van der Waals surface area contributed by atoms with Crippen molar-refractivity contribution < 1.29 is 8.42 Å². The monoisotopic (exact) mass is 360 g/mol. The van der Waals surface area contributed by atoms with E-state index >= 15 is 0 Å². The predicted octanol–water partition coefficient (Wildman–Crippen LogP) is 3.43. The van der Waals surface area contributed by atoms with Gasteiger partial charge in [-0.1, -0.05) is 53.6 Å². The molecule has 2 rings (SSSR count). The van der Waals surface area contributed by atoms with Crippen molar-refractivity contribution in [2.75, 3.05) is 4.72 Å². The van der Waals surface area contributed by atoms with Crippen molar-refractivity contribution in [1.29, 1.82) is 0 Å². The lowest BCUT2D eigenvalue weighted by molar-refractivity contribution is 0.601. The lowest BCUT2D eigenvalue weighted by Crippen LogP contribution is -2.15. The van der Waals surface area contributed by atoms with Crippen LogP contribution in [0.15, 0.2) is 47.4 Å². The molecular weight excluding hydrogens is 351 g/mol. The van der Waals surface area contributed by atoms with Gasteiger partial charge in [0.05, 0.1) is 15.7 Å². The number of benzene rings is 2. The number of anilines is 1. The summed E-state index contributed by atoms with van der Waals surface area (Å²) in [5, 5.41) is 0.345. The second-order valence-corrected chi connectivity index (χ2v) is 7.00. The van der Waals surface area contributed by atoms with Crippen LogP contribution in [0, 0.1) is 0 Å². The lowest BCUT2D eigenvalue weighted by Gasteiger charge is -2.12. The van der Waals surface area contributed by atoms with E-state index in [4.69, 9.17) is 41.2 Å². The first-order valence-electron chi connectivity index (χ1n) is 5.68. The van der Waals surface area contributed by atoms with Crippen molar-refractivity contribution >= 4 is 56.1 Å². The molecule has 3 N–H and O–H groups in total. The first-order chi connectivity index (χ1) is 9.81. The van der Waals surface area contributed by atoms with Gasteiger partial charge in [0, 0.05) is 5.56 Å². The third kappa shape index (κ3) is 3.65. The Bertz CT molecular complexity index is 808. The molecule has 21 heavy (non-hydrogen) atoms.